The Balaban J connectivity index is 1.74. The van der Waals surface area contributed by atoms with Crippen molar-refractivity contribution in [1.82, 2.24) is 26.6 Å². The van der Waals surface area contributed by atoms with Crippen LogP contribution in [0.5, 0.6) is 0 Å². The van der Waals surface area contributed by atoms with Crippen LogP contribution in [0.25, 0.3) is 0 Å². The molecular formula is C29H47N5O6. The third kappa shape index (κ3) is 9.02. The minimum Gasteiger partial charge on any atom is -0.356 e. The van der Waals surface area contributed by atoms with E-state index in [0.29, 0.717) is 25.8 Å². The van der Waals surface area contributed by atoms with Gasteiger partial charge in [-0.1, -0.05) is 53.4 Å². The van der Waals surface area contributed by atoms with Crippen molar-refractivity contribution in [3.05, 3.63) is 0 Å². The van der Waals surface area contributed by atoms with Gasteiger partial charge in [0.05, 0.1) is 6.04 Å². The van der Waals surface area contributed by atoms with E-state index in [9.17, 15) is 28.8 Å². The van der Waals surface area contributed by atoms with Crippen LogP contribution in [0.1, 0.15) is 98.3 Å². The molecule has 3 fully saturated rings. The van der Waals surface area contributed by atoms with E-state index in [4.69, 9.17) is 0 Å². The second-order valence-electron chi connectivity index (χ2n) is 12.6. The summed E-state index contributed by atoms with van der Waals surface area (Å²) in [6.45, 7) is 7.71. The molecule has 0 unspecified atom stereocenters. The number of Topliss-reactive ketones (excluding diaryl/α,β-unsaturated/α-hetero) is 1. The Morgan fingerprint density at radius 1 is 0.875 bits per heavy atom. The Morgan fingerprint density at radius 2 is 1.52 bits per heavy atom. The van der Waals surface area contributed by atoms with Crippen LogP contribution in [0.2, 0.25) is 0 Å². The summed E-state index contributed by atoms with van der Waals surface area (Å²) < 4.78 is 0. The van der Waals surface area contributed by atoms with Crippen LogP contribution in [0.15, 0.2) is 0 Å². The van der Waals surface area contributed by atoms with Gasteiger partial charge in [0, 0.05) is 23.9 Å². The predicted octanol–water partition coefficient (Wildman–Crippen LogP) is 1.24. The highest BCUT2D eigenvalue weighted by atomic mass is 16.2. The molecule has 2 aliphatic carbocycles. The van der Waals surface area contributed by atoms with Gasteiger partial charge in [-0.15, -0.1) is 0 Å². The summed E-state index contributed by atoms with van der Waals surface area (Å²) in [6, 6.07) is -2.96. The lowest BCUT2D eigenvalue weighted by atomic mass is 9.82. The largest absolute Gasteiger partial charge is 0.356 e. The van der Waals surface area contributed by atoms with Crippen molar-refractivity contribution in [3.63, 3.8) is 0 Å². The lowest BCUT2D eigenvalue weighted by Crippen LogP contribution is -2.59. The number of rotatable bonds is 13. The number of carbonyl (C=O) groups excluding carboxylic acids is 6. The Bertz CT molecular complexity index is 966. The fourth-order valence-electron chi connectivity index (χ4n) is 5.34. The molecule has 0 aromatic rings. The first-order chi connectivity index (χ1) is 18.9. The second-order valence-corrected chi connectivity index (χ2v) is 12.6. The number of hydrogen-bond donors (Lipinski definition) is 5. The van der Waals surface area contributed by atoms with E-state index in [0.717, 1.165) is 44.9 Å². The average Bonchev–Trinajstić information content (AvgIpc) is 3.64. The Kier molecular flexibility index (Phi) is 11.1. The SMILES string of the molecule is CCC[C@H](NC(=O)[C@H](NC(=O)C(C)(C)C)C1CCCCC1)C(=O)N[C@@H](C[C@@H]1CCNC1=O)C(=O)C(=O)NC1CC1. The highest BCUT2D eigenvalue weighted by Crippen LogP contribution is 2.28. The summed E-state index contributed by atoms with van der Waals surface area (Å²) in [7, 11) is 0. The zero-order valence-corrected chi connectivity index (χ0v) is 24.4. The zero-order chi connectivity index (χ0) is 29.4. The molecule has 4 atom stereocenters. The van der Waals surface area contributed by atoms with Crippen molar-refractivity contribution in [1.29, 1.82) is 0 Å². The van der Waals surface area contributed by atoms with Gasteiger partial charge in [-0.05, 0) is 50.9 Å². The summed E-state index contributed by atoms with van der Waals surface area (Å²) in [5.41, 5.74) is -0.686. The molecule has 1 saturated heterocycles. The first-order valence-electron chi connectivity index (χ1n) is 14.9. The van der Waals surface area contributed by atoms with E-state index in [1.165, 1.54) is 0 Å². The maximum Gasteiger partial charge on any atom is 0.289 e. The topological polar surface area (TPSA) is 163 Å². The first-order valence-corrected chi connectivity index (χ1v) is 14.9. The van der Waals surface area contributed by atoms with Gasteiger partial charge in [-0.3, -0.25) is 28.8 Å². The van der Waals surface area contributed by atoms with E-state index in [1.54, 1.807) is 20.8 Å². The number of ketones is 1. The number of carbonyl (C=O) groups is 6. The smallest absolute Gasteiger partial charge is 0.289 e. The van der Waals surface area contributed by atoms with Crippen LogP contribution in [-0.4, -0.2) is 66.0 Å². The molecule has 3 rings (SSSR count). The van der Waals surface area contributed by atoms with Gasteiger partial charge in [0.25, 0.3) is 5.91 Å². The molecule has 224 valence electrons. The maximum absolute atomic E-state index is 13.6. The van der Waals surface area contributed by atoms with Crippen molar-refractivity contribution >= 4 is 35.3 Å². The highest BCUT2D eigenvalue weighted by Gasteiger charge is 2.39. The van der Waals surface area contributed by atoms with Crippen molar-refractivity contribution in [2.45, 2.75) is 122 Å². The van der Waals surface area contributed by atoms with Gasteiger partial charge in [0.15, 0.2) is 0 Å². The molecule has 1 heterocycles. The summed E-state index contributed by atoms with van der Waals surface area (Å²) in [5.74, 6) is -3.56. The number of nitrogens with one attached hydrogen (secondary N) is 5. The third-order valence-corrected chi connectivity index (χ3v) is 8.03. The minimum atomic E-state index is -1.19. The van der Waals surface area contributed by atoms with E-state index in [-0.39, 0.29) is 30.2 Å². The lowest BCUT2D eigenvalue weighted by Gasteiger charge is -2.33. The predicted molar refractivity (Wildman–Crippen MR) is 149 cm³/mol. The van der Waals surface area contributed by atoms with Crippen LogP contribution in [0, 0.1) is 17.3 Å². The average molecular weight is 562 g/mol. The highest BCUT2D eigenvalue weighted by molar-refractivity contribution is 6.38. The van der Waals surface area contributed by atoms with Crippen LogP contribution in [-0.2, 0) is 28.8 Å². The molecule has 3 aliphatic rings. The molecular weight excluding hydrogens is 514 g/mol. The molecule has 11 heteroatoms. The molecule has 0 spiro atoms. The molecule has 0 radical (unpaired) electrons. The molecule has 0 aromatic heterocycles. The third-order valence-electron chi connectivity index (χ3n) is 8.03. The van der Waals surface area contributed by atoms with E-state index >= 15 is 0 Å². The summed E-state index contributed by atoms with van der Waals surface area (Å²) >= 11 is 0. The summed E-state index contributed by atoms with van der Waals surface area (Å²) in [6.07, 6.45) is 7.66. The molecule has 40 heavy (non-hydrogen) atoms. The zero-order valence-electron chi connectivity index (χ0n) is 24.4. The second kappa shape index (κ2) is 14.1. The van der Waals surface area contributed by atoms with E-state index in [1.807, 2.05) is 6.92 Å². The van der Waals surface area contributed by atoms with E-state index < -0.39 is 53.0 Å². The van der Waals surface area contributed by atoms with Gasteiger partial charge >= 0.3 is 0 Å². The fourth-order valence-corrected chi connectivity index (χ4v) is 5.34. The van der Waals surface area contributed by atoms with Crippen LogP contribution >= 0.6 is 0 Å². The fraction of sp³-hybridized carbons (Fsp3) is 0.793. The Labute approximate surface area is 237 Å². The number of amides is 5. The molecule has 0 bridgehead atoms. The molecule has 1 aliphatic heterocycles. The molecule has 5 amide bonds. The monoisotopic (exact) mass is 561 g/mol. The molecule has 11 nitrogen and oxygen atoms in total. The van der Waals surface area contributed by atoms with Crippen molar-refractivity contribution in [3.8, 4) is 0 Å². The van der Waals surface area contributed by atoms with E-state index in [2.05, 4.69) is 26.6 Å². The number of hydrogen-bond acceptors (Lipinski definition) is 6. The maximum atomic E-state index is 13.6. The first kappa shape index (κ1) is 31.5. The summed E-state index contributed by atoms with van der Waals surface area (Å²) in [4.78, 5) is 77.8. The normalized spacial score (nSPS) is 21.9. The Morgan fingerprint density at radius 3 is 2.08 bits per heavy atom. The minimum absolute atomic E-state index is 0.00756. The van der Waals surface area contributed by atoms with Crippen molar-refractivity contribution in [2.24, 2.45) is 17.3 Å². The van der Waals surface area contributed by atoms with Gasteiger partial charge in [0.2, 0.25) is 29.4 Å². The Hall–Kier alpha value is -2.98. The van der Waals surface area contributed by atoms with Crippen LogP contribution < -0.4 is 26.6 Å². The van der Waals surface area contributed by atoms with Gasteiger partial charge in [-0.25, -0.2) is 0 Å². The summed E-state index contributed by atoms with van der Waals surface area (Å²) in [5, 5.41) is 13.8. The molecule has 0 aromatic carbocycles. The quantitative estimate of drug-likeness (QED) is 0.213. The van der Waals surface area contributed by atoms with Gasteiger partial charge in [0.1, 0.15) is 12.1 Å². The molecule has 5 N–H and O–H groups in total. The standard InChI is InChI=1S/C29H47N5O6/c1-5-9-20(32-26(38)22(17-10-7-6-8-11-17)34-28(40)29(2,3)4)25(37)33-21(16-18-14-15-30-24(18)36)23(35)27(39)31-19-12-13-19/h17-22H,5-16H2,1-4H3,(H,30,36)(H,31,39)(H,32,38)(H,33,37)(H,34,40)/t18-,20-,21-,22+/m0/s1. The van der Waals surface area contributed by atoms with Gasteiger partial charge in [-0.2, -0.15) is 0 Å². The lowest BCUT2D eigenvalue weighted by molar-refractivity contribution is -0.141. The van der Waals surface area contributed by atoms with Crippen LogP contribution in [0.4, 0.5) is 0 Å². The van der Waals surface area contributed by atoms with Crippen molar-refractivity contribution < 1.29 is 28.8 Å². The van der Waals surface area contributed by atoms with Crippen LogP contribution in [0.3, 0.4) is 0 Å². The molecule has 2 saturated carbocycles. The van der Waals surface area contributed by atoms with Gasteiger partial charge < -0.3 is 26.6 Å². The van der Waals surface area contributed by atoms with Crippen molar-refractivity contribution in [2.75, 3.05) is 6.54 Å².